The molecule has 0 unspecified atom stereocenters. The highest BCUT2D eigenvalue weighted by atomic mass is 16.5. The fraction of sp³-hybridized carbons (Fsp3) is 0.273. The molecule has 2 N–H and O–H groups in total. The lowest BCUT2D eigenvalue weighted by Gasteiger charge is -2.12. The second kappa shape index (κ2) is 11.3. The van der Waals surface area contributed by atoms with Crippen LogP contribution in [0.2, 0.25) is 0 Å². The van der Waals surface area contributed by atoms with E-state index in [0.29, 0.717) is 30.3 Å². The Morgan fingerprint density at radius 2 is 1.64 bits per heavy atom. The Morgan fingerprint density at radius 3 is 2.36 bits per heavy atom. The molecule has 2 amide bonds. The first-order valence-electron chi connectivity index (χ1n) is 9.12. The predicted molar refractivity (Wildman–Crippen MR) is 107 cm³/mol. The van der Waals surface area contributed by atoms with E-state index < -0.39 is 0 Å². The molecule has 0 atom stereocenters. The summed E-state index contributed by atoms with van der Waals surface area (Å²) in [5, 5.41) is 5.23. The van der Waals surface area contributed by atoms with Gasteiger partial charge in [-0.3, -0.25) is 9.59 Å². The van der Waals surface area contributed by atoms with E-state index in [1.807, 2.05) is 44.2 Å². The van der Waals surface area contributed by atoms with Crippen molar-refractivity contribution in [3.8, 4) is 23.3 Å². The van der Waals surface area contributed by atoms with Gasteiger partial charge in [-0.15, -0.1) is 0 Å². The molecule has 28 heavy (non-hydrogen) atoms. The van der Waals surface area contributed by atoms with Crippen LogP contribution in [0.25, 0.3) is 0 Å². The quantitative estimate of drug-likeness (QED) is 0.690. The number of carbonyl (C=O) groups is 2. The third kappa shape index (κ3) is 6.69. The van der Waals surface area contributed by atoms with Gasteiger partial charge < -0.3 is 20.1 Å². The molecule has 2 rings (SSSR count). The molecule has 0 radical (unpaired) electrons. The van der Waals surface area contributed by atoms with Crippen LogP contribution < -0.4 is 20.1 Å². The Hall–Kier alpha value is -3.46. The van der Waals surface area contributed by atoms with Gasteiger partial charge in [0, 0.05) is 11.1 Å². The largest absolute Gasteiger partial charge is 0.490 e. The molecule has 0 fully saturated rings. The Bertz CT molecular complexity index is 854. The maximum Gasteiger partial charge on any atom is 0.251 e. The number of benzene rings is 2. The lowest BCUT2D eigenvalue weighted by molar-refractivity contribution is -0.119. The summed E-state index contributed by atoms with van der Waals surface area (Å²) < 4.78 is 11.0. The van der Waals surface area contributed by atoms with Gasteiger partial charge in [0.05, 0.1) is 26.3 Å². The number of rotatable bonds is 8. The topological polar surface area (TPSA) is 76.7 Å². The minimum Gasteiger partial charge on any atom is -0.490 e. The highest BCUT2D eigenvalue weighted by molar-refractivity contribution is 5.97. The van der Waals surface area contributed by atoms with Gasteiger partial charge in [0.2, 0.25) is 5.91 Å². The van der Waals surface area contributed by atoms with Crippen LogP contribution in [-0.4, -0.2) is 38.1 Å². The molecule has 0 saturated carbocycles. The maximum absolute atomic E-state index is 12.3. The van der Waals surface area contributed by atoms with Crippen molar-refractivity contribution in [2.24, 2.45) is 0 Å². The molecule has 0 bridgehead atoms. The third-order valence-corrected chi connectivity index (χ3v) is 3.60. The smallest absolute Gasteiger partial charge is 0.251 e. The van der Waals surface area contributed by atoms with Crippen molar-refractivity contribution in [2.45, 2.75) is 13.8 Å². The minimum absolute atomic E-state index is 0.136. The molecule has 0 spiro atoms. The van der Waals surface area contributed by atoms with Crippen LogP contribution in [0.4, 0.5) is 0 Å². The Morgan fingerprint density at radius 1 is 0.929 bits per heavy atom. The van der Waals surface area contributed by atoms with E-state index in [4.69, 9.17) is 9.47 Å². The average molecular weight is 380 g/mol. The fourth-order valence-electron chi connectivity index (χ4n) is 2.33. The lowest BCUT2D eigenvalue weighted by atomic mass is 10.2. The number of carbonyl (C=O) groups excluding carboxylic acids is 2. The van der Waals surface area contributed by atoms with Crippen molar-refractivity contribution in [1.29, 1.82) is 0 Å². The van der Waals surface area contributed by atoms with Crippen molar-refractivity contribution in [3.05, 3.63) is 59.7 Å². The molecular weight excluding hydrogens is 356 g/mol. The summed E-state index contributed by atoms with van der Waals surface area (Å²) in [5.74, 6) is 6.21. The highest BCUT2D eigenvalue weighted by Gasteiger charge is 2.12. The van der Waals surface area contributed by atoms with E-state index >= 15 is 0 Å². The molecule has 6 heteroatoms. The number of nitrogens with one attached hydrogen (secondary N) is 2. The van der Waals surface area contributed by atoms with Gasteiger partial charge in [-0.1, -0.05) is 30.0 Å². The van der Waals surface area contributed by atoms with Gasteiger partial charge in [-0.2, -0.15) is 0 Å². The summed E-state index contributed by atoms with van der Waals surface area (Å²) in [6.07, 6.45) is 0. The van der Waals surface area contributed by atoms with Gasteiger partial charge in [0.25, 0.3) is 5.91 Å². The van der Waals surface area contributed by atoms with E-state index in [1.54, 1.807) is 18.2 Å². The van der Waals surface area contributed by atoms with Crippen LogP contribution in [-0.2, 0) is 4.79 Å². The van der Waals surface area contributed by atoms with E-state index in [0.717, 1.165) is 5.56 Å². The van der Waals surface area contributed by atoms with Gasteiger partial charge >= 0.3 is 0 Å². The third-order valence-electron chi connectivity index (χ3n) is 3.60. The van der Waals surface area contributed by atoms with E-state index in [2.05, 4.69) is 22.5 Å². The van der Waals surface area contributed by atoms with Crippen LogP contribution in [0.1, 0.15) is 29.8 Å². The van der Waals surface area contributed by atoms with Gasteiger partial charge in [-0.05, 0) is 44.2 Å². The van der Waals surface area contributed by atoms with Crippen LogP contribution in [0.3, 0.4) is 0 Å². The average Bonchev–Trinajstić information content (AvgIpc) is 2.72. The summed E-state index contributed by atoms with van der Waals surface area (Å²) in [6.45, 7) is 4.76. The van der Waals surface area contributed by atoms with Gasteiger partial charge in [0.15, 0.2) is 11.5 Å². The summed E-state index contributed by atoms with van der Waals surface area (Å²) in [7, 11) is 0. The Kier molecular flexibility index (Phi) is 8.41. The van der Waals surface area contributed by atoms with Crippen LogP contribution >= 0.6 is 0 Å². The summed E-state index contributed by atoms with van der Waals surface area (Å²) >= 11 is 0. The SMILES string of the molecule is CCOc1ccc(C(=O)NCC(=O)NCC#Cc2ccccc2)cc1OCC. The van der Waals surface area contributed by atoms with Crippen molar-refractivity contribution in [3.63, 3.8) is 0 Å². The molecule has 0 heterocycles. The minimum atomic E-state index is -0.366. The number of amides is 2. The molecule has 0 aliphatic heterocycles. The zero-order valence-electron chi connectivity index (χ0n) is 16.1. The molecule has 2 aromatic carbocycles. The van der Waals surface area contributed by atoms with Crippen molar-refractivity contribution < 1.29 is 19.1 Å². The molecule has 0 aromatic heterocycles. The molecular formula is C22H24N2O4. The summed E-state index contributed by atoms with van der Waals surface area (Å²) in [4.78, 5) is 24.1. The summed E-state index contributed by atoms with van der Waals surface area (Å²) in [6, 6.07) is 14.4. The molecule has 146 valence electrons. The van der Waals surface area contributed by atoms with E-state index in [9.17, 15) is 9.59 Å². The van der Waals surface area contributed by atoms with E-state index in [-0.39, 0.29) is 24.9 Å². The van der Waals surface area contributed by atoms with Crippen molar-refractivity contribution >= 4 is 11.8 Å². The number of hydrogen-bond donors (Lipinski definition) is 2. The standard InChI is InChI=1S/C22H24N2O4/c1-3-27-19-13-12-18(15-20(19)28-4-2)22(26)24-16-21(25)23-14-8-11-17-9-6-5-7-10-17/h5-7,9-10,12-13,15H,3-4,14,16H2,1-2H3,(H,23,25)(H,24,26). The second-order valence-electron chi connectivity index (χ2n) is 5.65. The van der Waals surface area contributed by atoms with E-state index in [1.165, 1.54) is 0 Å². The Labute approximate surface area is 165 Å². The summed E-state index contributed by atoms with van der Waals surface area (Å²) in [5.41, 5.74) is 1.27. The molecule has 0 saturated heterocycles. The maximum atomic E-state index is 12.3. The molecule has 6 nitrogen and oxygen atoms in total. The van der Waals surface area contributed by atoms with Gasteiger partial charge in [-0.25, -0.2) is 0 Å². The molecule has 0 aliphatic carbocycles. The van der Waals surface area contributed by atoms with Crippen molar-refractivity contribution in [1.82, 2.24) is 10.6 Å². The highest BCUT2D eigenvalue weighted by Crippen LogP contribution is 2.28. The predicted octanol–water partition coefficient (Wildman–Crippen LogP) is 2.38. The Balaban J connectivity index is 1.83. The number of hydrogen-bond acceptors (Lipinski definition) is 4. The zero-order chi connectivity index (χ0) is 20.2. The first kappa shape index (κ1) is 20.8. The van der Waals surface area contributed by atoms with Crippen LogP contribution in [0.15, 0.2) is 48.5 Å². The van der Waals surface area contributed by atoms with Crippen LogP contribution in [0, 0.1) is 11.8 Å². The second-order valence-corrected chi connectivity index (χ2v) is 5.65. The van der Waals surface area contributed by atoms with Gasteiger partial charge in [0.1, 0.15) is 0 Å². The lowest BCUT2D eigenvalue weighted by Crippen LogP contribution is -2.37. The van der Waals surface area contributed by atoms with Crippen molar-refractivity contribution in [2.75, 3.05) is 26.3 Å². The molecule has 0 aliphatic rings. The first-order chi connectivity index (χ1) is 13.6. The van der Waals surface area contributed by atoms with Crippen LogP contribution in [0.5, 0.6) is 11.5 Å². The molecule has 2 aromatic rings. The first-order valence-corrected chi connectivity index (χ1v) is 9.12. The normalized spacial score (nSPS) is 9.64. The number of ether oxygens (including phenoxy) is 2. The fourth-order valence-corrected chi connectivity index (χ4v) is 2.33. The monoisotopic (exact) mass is 380 g/mol. The zero-order valence-corrected chi connectivity index (χ0v) is 16.1.